The lowest BCUT2D eigenvalue weighted by Crippen LogP contribution is -2.29. The van der Waals surface area contributed by atoms with E-state index >= 15 is 0 Å². The highest BCUT2D eigenvalue weighted by Crippen LogP contribution is 2.37. The molecule has 0 amide bonds. The summed E-state index contributed by atoms with van der Waals surface area (Å²) in [7, 11) is 0. The quantitative estimate of drug-likeness (QED) is 0.553. The maximum absolute atomic E-state index is 14.8. The Bertz CT molecular complexity index is 1270. The number of thioether (sulfide) groups is 1. The van der Waals surface area contributed by atoms with Crippen LogP contribution in [0.5, 0.6) is 0 Å². The molecule has 3 aromatic rings. The molecule has 0 fully saturated rings. The average molecular weight is 444 g/mol. The normalized spacial score (nSPS) is 20.2. The van der Waals surface area contributed by atoms with Crippen molar-refractivity contribution >= 4 is 34.2 Å². The topological polar surface area (TPSA) is 88.2 Å². The molecule has 5 rings (SSSR count). The van der Waals surface area contributed by atoms with Crippen molar-refractivity contribution in [1.29, 1.82) is 0 Å². The Hall–Kier alpha value is -2.71. The third kappa shape index (κ3) is 3.02. The van der Waals surface area contributed by atoms with Gasteiger partial charge in [0.1, 0.15) is 11.5 Å². The average Bonchev–Trinajstić information content (AvgIpc) is 3.05. The van der Waals surface area contributed by atoms with Gasteiger partial charge in [0.05, 0.1) is 16.8 Å². The summed E-state index contributed by atoms with van der Waals surface area (Å²) in [6.07, 6.45) is 0.773. The van der Waals surface area contributed by atoms with Crippen LogP contribution in [0.15, 0.2) is 46.2 Å². The van der Waals surface area contributed by atoms with Crippen LogP contribution >= 0.6 is 23.4 Å². The van der Waals surface area contributed by atoms with Gasteiger partial charge in [-0.25, -0.2) is 9.07 Å². The molecular formula is C21H19ClFN5OS. The van der Waals surface area contributed by atoms with Gasteiger partial charge in [-0.15, -0.1) is 0 Å². The van der Waals surface area contributed by atoms with Crippen LogP contribution in [-0.2, 0) is 12.1 Å². The first-order valence-electron chi connectivity index (χ1n) is 9.52. The zero-order valence-electron chi connectivity index (χ0n) is 16.1. The van der Waals surface area contributed by atoms with Crippen molar-refractivity contribution in [2.75, 3.05) is 11.1 Å². The van der Waals surface area contributed by atoms with Gasteiger partial charge in [-0.1, -0.05) is 29.4 Å². The van der Waals surface area contributed by atoms with E-state index in [-0.39, 0.29) is 11.2 Å². The van der Waals surface area contributed by atoms with Gasteiger partial charge < -0.3 is 11.1 Å². The second-order valence-electron chi connectivity index (χ2n) is 7.64. The highest BCUT2D eigenvalue weighted by atomic mass is 35.5. The lowest BCUT2D eigenvalue weighted by atomic mass is 9.89. The highest BCUT2D eigenvalue weighted by molar-refractivity contribution is 8.13. The number of aromatic amines is 1. The molecule has 0 aliphatic carbocycles. The Morgan fingerprint density at radius 1 is 1.30 bits per heavy atom. The SMILES string of the molecule is CC1(c2ccc(F)c(-n3[nH]c4c(c3=O)CNc3ccc(Cl)cc3-4)c2)CCSC(N)=N1. The van der Waals surface area contributed by atoms with Crippen molar-refractivity contribution in [3.8, 4) is 16.9 Å². The van der Waals surface area contributed by atoms with Gasteiger partial charge in [0.2, 0.25) is 0 Å². The first-order chi connectivity index (χ1) is 14.4. The van der Waals surface area contributed by atoms with Gasteiger partial charge in [-0.2, -0.15) is 0 Å². The van der Waals surface area contributed by atoms with E-state index in [1.54, 1.807) is 24.3 Å². The monoisotopic (exact) mass is 443 g/mol. The number of nitrogens with two attached hydrogens (primary N) is 1. The van der Waals surface area contributed by atoms with E-state index in [2.05, 4.69) is 15.4 Å². The zero-order valence-corrected chi connectivity index (χ0v) is 17.7. The molecule has 3 heterocycles. The molecule has 2 aliphatic rings. The van der Waals surface area contributed by atoms with E-state index in [4.69, 9.17) is 17.3 Å². The number of fused-ring (bicyclic) bond motifs is 3. The first kappa shape index (κ1) is 19.3. The highest BCUT2D eigenvalue weighted by Gasteiger charge is 2.31. The Kier molecular flexibility index (Phi) is 4.44. The number of nitrogens with one attached hydrogen (secondary N) is 2. The van der Waals surface area contributed by atoms with Gasteiger partial charge in [0, 0.05) is 28.6 Å². The van der Waals surface area contributed by atoms with Gasteiger partial charge in [-0.3, -0.25) is 14.9 Å². The number of amidine groups is 1. The molecule has 30 heavy (non-hydrogen) atoms. The minimum Gasteiger partial charge on any atom is -0.380 e. The number of nitrogens with zero attached hydrogens (tertiary/aromatic N) is 2. The number of hydrogen-bond acceptors (Lipinski definition) is 5. The standard InChI is InChI=1S/C21H19ClFN5OS/c1-21(6-7-30-20(24)26-21)11-2-4-15(23)17(8-11)28-19(29)14-10-25-16-5-3-12(22)9-13(16)18(14)27-28/h2-5,8-9,25,27H,6-7,10H2,1H3,(H2,24,26). The predicted octanol–water partition coefficient (Wildman–Crippen LogP) is 4.22. The number of halogens is 2. The number of H-pyrrole nitrogens is 1. The molecule has 9 heteroatoms. The molecule has 1 aromatic heterocycles. The van der Waals surface area contributed by atoms with Crippen molar-refractivity contribution in [2.45, 2.75) is 25.4 Å². The first-order valence-corrected chi connectivity index (χ1v) is 10.9. The molecule has 0 spiro atoms. The minimum absolute atomic E-state index is 0.156. The minimum atomic E-state index is -0.560. The van der Waals surface area contributed by atoms with Crippen LogP contribution in [0.2, 0.25) is 5.02 Å². The fraction of sp³-hybridized carbons (Fsp3) is 0.238. The molecule has 0 bridgehead atoms. The Morgan fingerprint density at radius 3 is 2.93 bits per heavy atom. The molecule has 2 aliphatic heterocycles. The number of aromatic nitrogens is 2. The zero-order chi connectivity index (χ0) is 21.0. The summed E-state index contributed by atoms with van der Waals surface area (Å²) in [5, 5.41) is 7.39. The smallest absolute Gasteiger partial charge is 0.276 e. The molecule has 0 radical (unpaired) electrons. The Balaban J connectivity index is 1.66. The van der Waals surface area contributed by atoms with E-state index in [0.717, 1.165) is 29.0 Å². The summed E-state index contributed by atoms with van der Waals surface area (Å²) in [4.78, 5) is 17.7. The largest absolute Gasteiger partial charge is 0.380 e. The molecule has 0 saturated heterocycles. The summed E-state index contributed by atoms with van der Waals surface area (Å²) >= 11 is 7.66. The third-order valence-corrected chi connectivity index (χ3v) is 6.73. The third-order valence-electron chi connectivity index (χ3n) is 5.70. The van der Waals surface area contributed by atoms with Crippen LogP contribution < -0.4 is 16.6 Å². The van der Waals surface area contributed by atoms with E-state index in [9.17, 15) is 9.18 Å². The van der Waals surface area contributed by atoms with Crippen molar-refractivity contribution < 1.29 is 4.39 Å². The summed E-state index contributed by atoms with van der Waals surface area (Å²) in [5.41, 5.74) is 8.87. The van der Waals surface area contributed by atoms with E-state index in [1.165, 1.54) is 22.5 Å². The van der Waals surface area contributed by atoms with Crippen LogP contribution in [0.25, 0.3) is 16.9 Å². The van der Waals surface area contributed by atoms with Gasteiger partial charge in [0.25, 0.3) is 5.56 Å². The summed E-state index contributed by atoms with van der Waals surface area (Å²) in [5.74, 6) is 0.336. The number of hydrogen-bond donors (Lipinski definition) is 3. The van der Waals surface area contributed by atoms with Gasteiger partial charge in [0.15, 0.2) is 5.17 Å². The van der Waals surface area contributed by atoms with Crippen molar-refractivity contribution in [1.82, 2.24) is 9.78 Å². The predicted molar refractivity (Wildman–Crippen MR) is 120 cm³/mol. The summed E-state index contributed by atoms with van der Waals surface area (Å²) in [6.45, 7) is 2.32. The summed E-state index contributed by atoms with van der Waals surface area (Å²) < 4.78 is 16.1. The Morgan fingerprint density at radius 2 is 2.13 bits per heavy atom. The molecule has 0 saturated carbocycles. The van der Waals surface area contributed by atoms with E-state index in [1.807, 2.05) is 13.0 Å². The fourth-order valence-corrected chi connectivity index (χ4v) is 5.15. The second-order valence-corrected chi connectivity index (χ2v) is 9.19. The van der Waals surface area contributed by atoms with Crippen LogP contribution in [0.4, 0.5) is 10.1 Å². The molecular weight excluding hydrogens is 425 g/mol. The van der Waals surface area contributed by atoms with Crippen LogP contribution in [0.1, 0.15) is 24.5 Å². The molecule has 2 aromatic carbocycles. The van der Waals surface area contributed by atoms with Crippen molar-refractivity contribution in [3.05, 3.63) is 68.7 Å². The molecule has 1 atom stereocenters. The molecule has 4 N–H and O–H groups in total. The van der Waals surface area contributed by atoms with Gasteiger partial charge >= 0.3 is 0 Å². The maximum atomic E-state index is 14.8. The van der Waals surface area contributed by atoms with Crippen molar-refractivity contribution in [2.24, 2.45) is 10.7 Å². The van der Waals surface area contributed by atoms with E-state index in [0.29, 0.717) is 28.0 Å². The lowest BCUT2D eigenvalue weighted by Gasteiger charge is -2.30. The number of aliphatic imine (C=N–C) groups is 1. The van der Waals surface area contributed by atoms with Crippen LogP contribution in [0, 0.1) is 5.82 Å². The number of rotatable bonds is 2. The van der Waals surface area contributed by atoms with Crippen molar-refractivity contribution in [3.63, 3.8) is 0 Å². The molecule has 154 valence electrons. The Labute approximate surface area is 181 Å². The second kappa shape index (κ2) is 6.92. The number of anilines is 1. The van der Waals surface area contributed by atoms with Crippen LogP contribution in [0.3, 0.4) is 0 Å². The molecule has 6 nitrogen and oxygen atoms in total. The number of benzene rings is 2. The lowest BCUT2D eigenvalue weighted by molar-refractivity contribution is 0.479. The van der Waals surface area contributed by atoms with Crippen LogP contribution in [-0.4, -0.2) is 20.7 Å². The fourth-order valence-electron chi connectivity index (χ4n) is 4.00. The van der Waals surface area contributed by atoms with E-state index < -0.39 is 11.4 Å². The summed E-state index contributed by atoms with van der Waals surface area (Å²) in [6, 6.07) is 10.2. The molecule has 1 unspecified atom stereocenters. The van der Waals surface area contributed by atoms with Gasteiger partial charge in [-0.05, 0) is 49.2 Å². The maximum Gasteiger partial charge on any atom is 0.276 e.